The summed E-state index contributed by atoms with van der Waals surface area (Å²) in [6, 6.07) is 18.9. The molecule has 0 unspecified atom stereocenters. The molecule has 2 nitrogen and oxygen atoms in total. The molecule has 0 aliphatic heterocycles. The second-order valence-corrected chi connectivity index (χ2v) is 6.33. The topological polar surface area (TPSA) is 17.8 Å². The summed E-state index contributed by atoms with van der Waals surface area (Å²) in [4.78, 5) is 4.50. The van der Waals surface area contributed by atoms with Crippen LogP contribution in [-0.4, -0.2) is 9.55 Å². The molecule has 0 spiro atoms. The molecule has 0 fully saturated rings. The van der Waals surface area contributed by atoms with E-state index in [-0.39, 0.29) is 5.41 Å². The van der Waals surface area contributed by atoms with Crippen molar-refractivity contribution < 1.29 is 0 Å². The maximum absolute atomic E-state index is 4.50. The van der Waals surface area contributed by atoms with Crippen LogP contribution in [0.3, 0.4) is 0 Å². The SMILES string of the molecule is CC(C)(C)c1ccc(-n2cnc(-c3ccccc3)c2)cc1. The third-order valence-electron chi connectivity index (χ3n) is 3.68. The van der Waals surface area contributed by atoms with Crippen molar-refractivity contribution in [1.29, 1.82) is 0 Å². The lowest BCUT2D eigenvalue weighted by Crippen LogP contribution is -2.10. The Labute approximate surface area is 126 Å². The first kappa shape index (κ1) is 13.6. The monoisotopic (exact) mass is 276 g/mol. The number of benzene rings is 2. The Hall–Kier alpha value is -2.35. The van der Waals surface area contributed by atoms with Crippen molar-refractivity contribution in [2.45, 2.75) is 26.2 Å². The number of rotatable bonds is 2. The van der Waals surface area contributed by atoms with Crippen molar-refractivity contribution in [1.82, 2.24) is 9.55 Å². The Bertz CT molecular complexity index is 716. The second-order valence-electron chi connectivity index (χ2n) is 6.33. The van der Waals surface area contributed by atoms with Gasteiger partial charge >= 0.3 is 0 Å². The molecule has 2 aromatic carbocycles. The third-order valence-corrected chi connectivity index (χ3v) is 3.68. The van der Waals surface area contributed by atoms with Gasteiger partial charge in [-0.3, -0.25) is 0 Å². The molecule has 0 bridgehead atoms. The number of aromatic nitrogens is 2. The lowest BCUT2D eigenvalue weighted by atomic mass is 9.87. The van der Waals surface area contributed by atoms with Crippen molar-refractivity contribution in [2.24, 2.45) is 0 Å². The zero-order valence-electron chi connectivity index (χ0n) is 12.7. The summed E-state index contributed by atoms with van der Waals surface area (Å²) in [7, 11) is 0. The molecule has 106 valence electrons. The first-order chi connectivity index (χ1) is 10.0. The van der Waals surface area contributed by atoms with E-state index < -0.39 is 0 Å². The van der Waals surface area contributed by atoms with Crippen LogP contribution in [0.15, 0.2) is 67.1 Å². The normalized spacial score (nSPS) is 11.6. The van der Waals surface area contributed by atoms with Crippen LogP contribution < -0.4 is 0 Å². The number of nitrogens with zero attached hydrogens (tertiary/aromatic N) is 2. The quantitative estimate of drug-likeness (QED) is 0.655. The molecule has 2 heteroatoms. The Balaban J connectivity index is 1.90. The van der Waals surface area contributed by atoms with Crippen LogP contribution in [0, 0.1) is 0 Å². The van der Waals surface area contributed by atoms with Crippen LogP contribution >= 0.6 is 0 Å². The number of imidazole rings is 1. The highest BCUT2D eigenvalue weighted by atomic mass is 15.0. The summed E-state index contributed by atoms with van der Waals surface area (Å²) in [5.74, 6) is 0. The molecule has 0 aliphatic rings. The minimum absolute atomic E-state index is 0.183. The number of hydrogen-bond acceptors (Lipinski definition) is 1. The van der Waals surface area contributed by atoms with E-state index in [0.717, 1.165) is 16.9 Å². The molecule has 3 rings (SSSR count). The van der Waals surface area contributed by atoms with Gasteiger partial charge in [0.15, 0.2) is 0 Å². The smallest absolute Gasteiger partial charge is 0.0999 e. The first-order valence-corrected chi connectivity index (χ1v) is 7.24. The highest BCUT2D eigenvalue weighted by Gasteiger charge is 2.13. The van der Waals surface area contributed by atoms with Gasteiger partial charge in [-0.1, -0.05) is 63.2 Å². The van der Waals surface area contributed by atoms with Gasteiger partial charge in [-0.05, 0) is 23.1 Å². The minimum Gasteiger partial charge on any atom is -0.306 e. The average Bonchev–Trinajstić information content (AvgIpc) is 2.97. The summed E-state index contributed by atoms with van der Waals surface area (Å²) in [6.45, 7) is 6.69. The molecule has 0 saturated heterocycles. The number of hydrogen-bond donors (Lipinski definition) is 0. The van der Waals surface area contributed by atoms with Crippen molar-refractivity contribution >= 4 is 0 Å². The zero-order valence-corrected chi connectivity index (χ0v) is 12.7. The van der Waals surface area contributed by atoms with E-state index in [9.17, 15) is 0 Å². The van der Waals surface area contributed by atoms with E-state index in [0.29, 0.717) is 0 Å². The van der Waals surface area contributed by atoms with Crippen molar-refractivity contribution in [3.8, 4) is 16.9 Å². The van der Waals surface area contributed by atoms with E-state index in [4.69, 9.17) is 0 Å². The molecule has 0 amide bonds. The van der Waals surface area contributed by atoms with Crippen molar-refractivity contribution in [3.05, 3.63) is 72.7 Å². The Morgan fingerprint density at radius 1 is 0.857 bits per heavy atom. The van der Waals surface area contributed by atoms with Crippen LogP contribution in [0.4, 0.5) is 0 Å². The van der Waals surface area contributed by atoms with Crippen LogP contribution in [-0.2, 0) is 5.41 Å². The fraction of sp³-hybridized carbons (Fsp3) is 0.211. The van der Waals surface area contributed by atoms with Gasteiger partial charge in [0.05, 0.1) is 12.0 Å². The lowest BCUT2D eigenvalue weighted by molar-refractivity contribution is 0.590. The zero-order chi connectivity index (χ0) is 14.9. The van der Waals surface area contributed by atoms with E-state index in [1.807, 2.05) is 24.5 Å². The van der Waals surface area contributed by atoms with Gasteiger partial charge in [0.25, 0.3) is 0 Å². The second kappa shape index (κ2) is 5.21. The van der Waals surface area contributed by atoms with Crippen LogP contribution in [0.1, 0.15) is 26.3 Å². The summed E-state index contributed by atoms with van der Waals surface area (Å²) < 4.78 is 2.06. The van der Waals surface area contributed by atoms with Gasteiger partial charge in [-0.2, -0.15) is 0 Å². The van der Waals surface area contributed by atoms with Crippen LogP contribution in [0.5, 0.6) is 0 Å². The van der Waals surface area contributed by atoms with Gasteiger partial charge in [-0.15, -0.1) is 0 Å². The maximum atomic E-state index is 4.50. The van der Waals surface area contributed by atoms with E-state index in [1.54, 1.807) is 0 Å². The van der Waals surface area contributed by atoms with E-state index >= 15 is 0 Å². The lowest BCUT2D eigenvalue weighted by Gasteiger charge is -2.19. The van der Waals surface area contributed by atoms with Gasteiger partial charge in [-0.25, -0.2) is 4.98 Å². The Kier molecular flexibility index (Phi) is 3.38. The standard InChI is InChI=1S/C19H20N2/c1-19(2,3)16-9-11-17(12-10-16)21-13-18(20-14-21)15-7-5-4-6-8-15/h4-14H,1-3H3. The summed E-state index contributed by atoms with van der Waals surface area (Å²) >= 11 is 0. The molecule has 0 atom stereocenters. The molecule has 0 saturated carbocycles. The summed E-state index contributed by atoms with van der Waals surface area (Å²) in [6.07, 6.45) is 3.94. The van der Waals surface area contributed by atoms with Gasteiger partial charge < -0.3 is 4.57 Å². The van der Waals surface area contributed by atoms with Gasteiger partial charge in [0.1, 0.15) is 0 Å². The van der Waals surface area contributed by atoms with E-state index in [2.05, 4.69) is 72.9 Å². The summed E-state index contributed by atoms with van der Waals surface area (Å²) in [5.41, 5.74) is 4.80. The minimum atomic E-state index is 0.183. The first-order valence-electron chi connectivity index (χ1n) is 7.24. The average molecular weight is 276 g/mol. The highest BCUT2D eigenvalue weighted by molar-refractivity contribution is 5.58. The molecule has 3 aromatic rings. The largest absolute Gasteiger partial charge is 0.306 e. The molecule has 0 aliphatic carbocycles. The molecule has 21 heavy (non-hydrogen) atoms. The van der Waals surface area contributed by atoms with Crippen molar-refractivity contribution in [2.75, 3.05) is 0 Å². The highest BCUT2D eigenvalue weighted by Crippen LogP contribution is 2.24. The molecule has 1 aromatic heterocycles. The molecular formula is C19H20N2. The molecule has 0 N–H and O–H groups in total. The maximum Gasteiger partial charge on any atom is 0.0999 e. The predicted octanol–water partition coefficient (Wildman–Crippen LogP) is 4.84. The third kappa shape index (κ3) is 2.89. The van der Waals surface area contributed by atoms with Crippen molar-refractivity contribution in [3.63, 3.8) is 0 Å². The Morgan fingerprint density at radius 2 is 1.52 bits per heavy atom. The van der Waals surface area contributed by atoms with E-state index in [1.165, 1.54) is 5.56 Å². The fourth-order valence-electron chi connectivity index (χ4n) is 2.36. The van der Waals surface area contributed by atoms with Gasteiger partial charge in [0, 0.05) is 17.4 Å². The van der Waals surface area contributed by atoms with Crippen LogP contribution in [0.2, 0.25) is 0 Å². The molecule has 0 radical (unpaired) electrons. The molecular weight excluding hydrogens is 256 g/mol. The van der Waals surface area contributed by atoms with Crippen LogP contribution in [0.25, 0.3) is 16.9 Å². The predicted molar refractivity (Wildman–Crippen MR) is 87.7 cm³/mol. The molecule has 1 heterocycles. The summed E-state index contributed by atoms with van der Waals surface area (Å²) in [5, 5.41) is 0. The van der Waals surface area contributed by atoms with Gasteiger partial charge in [0.2, 0.25) is 0 Å². The Morgan fingerprint density at radius 3 is 2.14 bits per heavy atom. The fourth-order valence-corrected chi connectivity index (χ4v) is 2.36.